The Balaban J connectivity index is 1.73. The normalized spacial score (nSPS) is 21.0. The first kappa shape index (κ1) is 21.3. The van der Waals surface area contributed by atoms with Gasteiger partial charge in [0.15, 0.2) is 5.96 Å². The van der Waals surface area contributed by atoms with Crippen molar-refractivity contribution in [1.82, 2.24) is 15.5 Å². The van der Waals surface area contributed by atoms with Crippen molar-refractivity contribution in [3.05, 3.63) is 23.8 Å². The largest absolute Gasteiger partial charge is 0.497 e. The standard InChI is InChI=1S/C20H34N4O3/c1-15-13-24(14-16(2)27-15)10-6-9-22-20(21-3)23-12-17-7-8-18(25-4)11-19(17)26-5/h7-8,11,15-16H,6,9-10,12-14H2,1-5H3,(H2,21,22,23). The van der Waals surface area contributed by atoms with Crippen molar-refractivity contribution < 1.29 is 14.2 Å². The second kappa shape index (κ2) is 11.0. The molecule has 2 unspecified atom stereocenters. The van der Waals surface area contributed by atoms with Crippen molar-refractivity contribution in [2.75, 3.05) is 47.4 Å². The Hall–Kier alpha value is -1.99. The molecule has 1 aromatic carbocycles. The Labute approximate surface area is 163 Å². The number of nitrogens with one attached hydrogen (secondary N) is 2. The summed E-state index contributed by atoms with van der Waals surface area (Å²) in [7, 11) is 5.10. The maximum Gasteiger partial charge on any atom is 0.191 e. The predicted octanol–water partition coefficient (Wildman–Crippen LogP) is 1.87. The number of hydrogen-bond acceptors (Lipinski definition) is 5. The average Bonchev–Trinajstić information content (AvgIpc) is 2.66. The Kier molecular flexibility index (Phi) is 8.67. The van der Waals surface area contributed by atoms with Gasteiger partial charge in [-0.1, -0.05) is 0 Å². The molecule has 27 heavy (non-hydrogen) atoms. The number of hydrogen-bond donors (Lipinski definition) is 2. The van der Waals surface area contributed by atoms with E-state index in [1.807, 2.05) is 18.2 Å². The molecular weight excluding hydrogens is 344 g/mol. The van der Waals surface area contributed by atoms with Crippen LogP contribution in [0.5, 0.6) is 11.5 Å². The summed E-state index contributed by atoms with van der Waals surface area (Å²) in [6.45, 7) is 8.86. The van der Waals surface area contributed by atoms with Crippen molar-refractivity contribution in [1.29, 1.82) is 0 Å². The number of morpholine rings is 1. The fraction of sp³-hybridized carbons (Fsp3) is 0.650. The third-order valence-corrected chi connectivity index (χ3v) is 4.60. The number of nitrogens with zero attached hydrogens (tertiary/aromatic N) is 2. The molecule has 0 bridgehead atoms. The highest BCUT2D eigenvalue weighted by atomic mass is 16.5. The zero-order chi connectivity index (χ0) is 19.6. The van der Waals surface area contributed by atoms with Gasteiger partial charge >= 0.3 is 0 Å². The van der Waals surface area contributed by atoms with Crippen LogP contribution in [-0.4, -0.2) is 70.5 Å². The molecule has 1 saturated heterocycles. The fourth-order valence-electron chi connectivity index (χ4n) is 3.37. The summed E-state index contributed by atoms with van der Waals surface area (Å²) in [5, 5.41) is 6.71. The van der Waals surface area contributed by atoms with E-state index in [4.69, 9.17) is 14.2 Å². The number of benzene rings is 1. The number of ether oxygens (including phenoxy) is 3. The molecule has 152 valence electrons. The van der Waals surface area contributed by atoms with Gasteiger partial charge in [0, 0.05) is 51.4 Å². The lowest BCUT2D eigenvalue weighted by Gasteiger charge is -2.35. The van der Waals surface area contributed by atoms with E-state index in [1.165, 1.54) is 0 Å². The van der Waals surface area contributed by atoms with Gasteiger partial charge in [-0.2, -0.15) is 0 Å². The zero-order valence-corrected chi connectivity index (χ0v) is 17.2. The minimum absolute atomic E-state index is 0.315. The molecule has 0 saturated carbocycles. The average molecular weight is 379 g/mol. The van der Waals surface area contributed by atoms with E-state index in [2.05, 4.69) is 34.4 Å². The first-order valence-electron chi connectivity index (χ1n) is 9.59. The van der Waals surface area contributed by atoms with Crippen LogP contribution in [0.25, 0.3) is 0 Å². The molecule has 1 heterocycles. The number of aliphatic imine (C=N–C) groups is 1. The summed E-state index contributed by atoms with van der Waals surface area (Å²) in [4.78, 5) is 6.77. The van der Waals surface area contributed by atoms with Gasteiger partial charge in [-0.05, 0) is 32.4 Å². The summed E-state index contributed by atoms with van der Waals surface area (Å²) in [6, 6.07) is 5.82. The van der Waals surface area contributed by atoms with Crippen LogP contribution in [0.4, 0.5) is 0 Å². The molecule has 2 atom stereocenters. The third-order valence-electron chi connectivity index (χ3n) is 4.60. The molecule has 0 aromatic heterocycles. The molecule has 7 heteroatoms. The van der Waals surface area contributed by atoms with Gasteiger partial charge in [0.2, 0.25) is 0 Å². The molecule has 0 aliphatic carbocycles. The maximum absolute atomic E-state index is 5.78. The van der Waals surface area contributed by atoms with Gasteiger partial charge in [-0.3, -0.25) is 9.89 Å². The molecule has 2 N–H and O–H groups in total. The van der Waals surface area contributed by atoms with Crippen molar-refractivity contribution in [2.24, 2.45) is 4.99 Å². The van der Waals surface area contributed by atoms with Crippen LogP contribution in [0, 0.1) is 0 Å². The monoisotopic (exact) mass is 378 g/mol. The van der Waals surface area contributed by atoms with Crippen LogP contribution < -0.4 is 20.1 Å². The van der Waals surface area contributed by atoms with Gasteiger partial charge in [-0.15, -0.1) is 0 Å². The minimum Gasteiger partial charge on any atom is -0.497 e. The maximum atomic E-state index is 5.78. The summed E-state index contributed by atoms with van der Waals surface area (Å²) in [5.74, 6) is 2.37. The van der Waals surface area contributed by atoms with E-state index >= 15 is 0 Å². The topological polar surface area (TPSA) is 67.4 Å². The fourth-order valence-corrected chi connectivity index (χ4v) is 3.37. The van der Waals surface area contributed by atoms with Gasteiger partial charge < -0.3 is 24.8 Å². The quantitative estimate of drug-likeness (QED) is 0.409. The van der Waals surface area contributed by atoms with Crippen molar-refractivity contribution >= 4 is 5.96 Å². The van der Waals surface area contributed by atoms with E-state index in [1.54, 1.807) is 21.3 Å². The van der Waals surface area contributed by atoms with E-state index < -0.39 is 0 Å². The molecule has 1 aliphatic rings. The smallest absolute Gasteiger partial charge is 0.191 e. The van der Waals surface area contributed by atoms with Crippen LogP contribution in [0.3, 0.4) is 0 Å². The first-order chi connectivity index (χ1) is 13.0. The van der Waals surface area contributed by atoms with E-state index in [0.29, 0.717) is 18.8 Å². The van der Waals surface area contributed by atoms with Crippen LogP contribution >= 0.6 is 0 Å². The molecule has 0 amide bonds. The lowest BCUT2D eigenvalue weighted by molar-refractivity contribution is -0.0679. The van der Waals surface area contributed by atoms with Crippen molar-refractivity contribution in [3.8, 4) is 11.5 Å². The zero-order valence-electron chi connectivity index (χ0n) is 17.2. The Bertz CT molecular complexity index is 599. The highest BCUT2D eigenvalue weighted by Gasteiger charge is 2.21. The molecule has 1 aliphatic heterocycles. The lowest BCUT2D eigenvalue weighted by Crippen LogP contribution is -2.46. The lowest BCUT2D eigenvalue weighted by atomic mass is 10.2. The molecule has 0 radical (unpaired) electrons. The molecule has 7 nitrogen and oxygen atoms in total. The summed E-state index contributed by atoms with van der Waals surface area (Å²) < 4.78 is 16.5. The summed E-state index contributed by atoms with van der Waals surface area (Å²) >= 11 is 0. The van der Waals surface area contributed by atoms with Crippen molar-refractivity contribution in [3.63, 3.8) is 0 Å². The molecule has 2 rings (SSSR count). The van der Waals surface area contributed by atoms with Crippen molar-refractivity contribution in [2.45, 2.75) is 39.0 Å². The van der Waals surface area contributed by atoms with Gasteiger partial charge in [-0.25, -0.2) is 0 Å². The predicted molar refractivity (Wildman–Crippen MR) is 109 cm³/mol. The second-order valence-electron chi connectivity index (χ2n) is 6.90. The second-order valence-corrected chi connectivity index (χ2v) is 6.90. The van der Waals surface area contributed by atoms with Crippen LogP contribution in [-0.2, 0) is 11.3 Å². The van der Waals surface area contributed by atoms with Gasteiger partial charge in [0.05, 0.1) is 26.4 Å². The SMILES string of the molecule is CN=C(NCCCN1CC(C)OC(C)C1)NCc1ccc(OC)cc1OC. The van der Waals surface area contributed by atoms with Gasteiger partial charge in [0.25, 0.3) is 0 Å². The minimum atomic E-state index is 0.315. The van der Waals surface area contributed by atoms with Gasteiger partial charge in [0.1, 0.15) is 11.5 Å². The number of guanidine groups is 1. The third kappa shape index (κ3) is 6.92. The summed E-state index contributed by atoms with van der Waals surface area (Å²) in [5.41, 5.74) is 1.05. The highest BCUT2D eigenvalue weighted by Crippen LogP contribution is 2.24. The van der Waals surface area contributed by atoms with E-state index in [-0.39, 0.29) is 0 Å². The van der Waals surface area contributed by atoms with Crippen LogP contribution in [0.15, 0.2) is 23.2 Å². The molecule has 1 aromatic rings. The van der Waals surface area contributed by atoms with Crippen LogP contribution in [0.2, 0.25) is 0 Å². The number of rotatable bonds is 8. The van der Waals surface area contributed by atoms with E-state index in [9.17, 15) is 0 Å². The molecule has 1 fully saturated rings. The highest BCUT2D eigenvalue weighted by molar-refractivity contribution is 5.79. The Morgan fingerprint density at radius 3 is 2.56 bits per heavy atom. The first-order valence-corrected chi connectivity index (χ1v) is 9.59. The Morgan fingerprint density at radius 1 is 1.19 bits per heavy atom. The summed E-state index contributed by atoms with van der Waals surface area (Å²) in [6.07, 6.45) is 1.69. The number of methoxy groups -OCH3 is 2. The Morgan fingerprint density at radius 2 is 1.93 bits per heavy atom. The molecular formula is C20H34N4O3. The molecule has 0 spiro atoms. The van der Waals surface area contributed by atoms with E-state index in [0.717, 1.165) is 55.6 Å². The van der Waals surface area contributed by atoms with Crippen LogP contribution in [0.1, 0.15) is 25.8 Å².